The van der Waals surface area contributed by atoms with Crippen LogP contribution in [0.2, 0.25) is 0 Å². The van der Waals surface area contributed by atoms with Crippen LogP contribution in [0.5, 0.6) is 0 Å². The van der Waals surface area contributed by atoms with E-state index in [9.17, 15) is 0 Å². The molecule has 0 unspecified atom stereocenters. The Morgan fingerprint density at radius 2 is 1.02 bits per heavy atom. The molecule has 5 aromatic carbocycles. The van der Waals surface area contributed by atoms with Crippen LogP contribution in [0.25, 0.3) is 21.5 Å². The first kappa shape index (κ1) is 38.7. The molecule has 0 bridgehead atoms. The zero-order valence-corrected chi connectivity index (χ0v) is 32.2. The van der Waals surface area contributed by atoms with Gasteiger partial charge in [0.25, 0.3) is 0 Å². The molecule has 45 heavy (non-hydrogen) atoms. The van der Waals surface area contributed by atoms with Crippen LogP contribution in [0, 0.1) is 6.08 Å². The van der Waals surface area contributed by atoms with Crippen LogP contribution < -0.4 is 24.8 Å². The molecule has 0 saturated carbocycles. The van der Waals surface area contributed by atoms with Gasteiger partial charge in [-0.2, -0.15) is 11.1 Å². The van der Waals surface area contributed by atoms with Crippen molar-refractivity contribution in [2.24, 2.45) is 0 Å². The van der Waals surface area contributed by atoms with Crippen molar-refractivity contribution >= 4 is 24.8 Å². The van der Waals surface area contributed by atoms with E-state index in [1.54, 1.807) is 0 Å². The molecule has 234 valence electrons. The van der Waals surface area contributed by atoms with Gasteiger partial charge in [0.2, 0.25) is 0 Å². The molecule has 0 saturated heterocycles. The van der Waals surface area contributed by atoms with Crippen LogP contribution in [0.4, 0.5) is 0 Å². The van der Waals surface area contributed by atoms with Gasteiger partial charge in [0.05, 0.1) is 0 Å². The van der Waals surface area contributed by atoms with Crippen LogP contribution in [-0.2, 0) is 35.1 Å². The second-order valence-corrected chi connectivity index (χ2v) is 15.0. The standard InChI is InChI=1S/C21H25.C13H10.C8H11.2ClH.Zr/c1-20(2,3)16-7-9-18-14(12-16)11-15-13-17(21(4,5)6)8-10-19(15)18;1-3-7-12(8-4-1)11-13-9-5-2-6-10-13;1-6-4-5-7(2)8(6)3;;;/h7-13H,1-6H3;1-10H;4H2,1-3H3;2*1H;/q-1;;-1;;;+2/p-2. The van der Waals surface area contributed by atoms with Gasteiger partial charge in [0.1, 0.15) is 0 Å². The van der Waals surface area contributed by atoms with Gasteiger partial charge in [-0.15, -0.1) is 53.1 Å². The van der Waals surface area contributed by atoms with Gasteiger partial charge in [-0.05, 0) is 10.8 Å². The molecule has 3 heteroatoms. The quantitative estimate of drug-likeness (QED) is 0.210. The fourth-order valence-electron chi connectivity index (χ4n) is 5.18. The van der Waals surface area contributed by atoms with Crippen LogP contribution in [0.15, 0.2) is 120 Å². The second kappa shape index (κ2) is 16.4. The summed E-state index contributed by atoms with van der Waals surface area (Å²) in [5.41, 5.74) is 10.1. The van der Waals surface area contributed by atoms with Crippen LogP contribution in [-0.4, -0.2) is 3.21 Å². The fraction of sp³-hybridized carbons (Fsp3) is 0.286. The molecular formula is C42H46Cl2Zr-2. The second-order valence-electron chi connectivity index (χ2n) is 13.7. The minimum absolute atomic E-state index is 0. The third-order valence-corrected chi connectivity index (χ3v) is 9.80. The molecule has 0 radical (unpaired) electrons. The van der Waals surface area contributed by atoms with E-state index < -0.39 is 0 Å². The maximum atomic E-state index is 3.26. The normalized spacial score (nSPS) is 12.7. The summed E-state index contributed by atoms with van der Waals surface area (Å²) in [6.45, 7) is 20.1. The van der Waals surface area contributed by atoms with Gasteiger partial charge >= 0.3 is 99.2 Å². The van der Waals surface area contributed by atoms with Gasteiger partial charge in [0, 0.05) is 0 Å². The van der Waals surface area contributed by atoms with E-state index in [1.165, 1.54) is 88.0 Å². The van der Waals surface area contributed by atoms with Crippen molar-refractivity contribution < 1.29 is 49.0 Å². The molecule has 5 aromatic rings. The van der Waals surface area contributed by atoms with E-state index in [1.807, 2.05) is 0 Å². The molecule has 0 nitrogen and oxygen atoms in total. The van der Waals surface area contributed by atoms with E-state index >= 15 is 0 Å². The number of fused-ring (bicyclic) bond motifs is 3. The zero-order valence-electron chi connectivity index (χ0n) is 28.3. The van der Waals surface area contributed by atoms with E-state index in [0.717, 1.165) is 6.42 Å². The summed E-state index contributed by atoms with van der Waals surface area (Å²) >= 11 is 1.46. The summed E-state index contributed by atoms with van der Waals surface area (Å²) in [5.74, 6) is 0. The van der Waals surface area contributed by atoms with Crippen molar-refractivity contribution in [2.75, 3.05) is 0 Å². The van der Waals surface area contributed by atoms with E-state index in [4.69, 9.17) is 0 Å². The van der Waals surface area contributed by atoms with Crippen molar-refractivity contribution in [3.8, 4) is 0 Å². The van der Waals surface area contributed by atoms with Crippen molar-refractivity contribution in [3.05, 3.63) is 148 Å². The topological polar surface area (TPSA) is 0 Å². The van der Waals surface area contributed by atoms with Crippen LogP contribution >= 0.6 is 0 Å². The van der Waals surface area contributed by atoms with Crippen LogP contribution in [0.1, 0.15) is 91.0 Å². The number of benzene rings is 4. The first-order chi connectivity index (χ1) is 20.3. The summed E-state index contributed by atoms with van der Waals surface area (Å²) in [7, 11) is 0. The SMILES string of the molecule is CC(C)(C)c1ccc2c(c1)[cH-]c1cc(C(C)(C)C)ccc12.CC1=[C-]CC(C)=C1C.[Cl-].[Cl-].[Zr+2]=[C](c1ccccc1)c1ccccc1. The van der Waals surface area contributed by atoms with E-state index in [-0.39, 0.29) is 35.6 Å². The van der Waals surface area contributed by atoms with Crippen LogP contribution in [0.3, 0.4) is 0 Å². The maximum absolute atomic E-state index is 3.26. The summed E-state index contributed by atoms with van der Waals surface area (Å²) in [6.07, 6.45) is 4.31. The van der Waals surface area contributed by atoms with Gasteiger partial charge in [-0.1, -0.05) is 90.8 Å². The monoisotopic (exact) mass is 710 g/mol. The van der Waals surface area contributed by atoms with Gasteiger partial charge in [0.15, 0.2) is 0 Å². The summed E-state index contributed by atoms with van der Waals surface area (Å²) in [6, 6.07) is 37.3. The predicted molar refractivity (Wildman–Crippen MR) is 186 cm³/mol. The van der Waals surface area contributed by atoms with Gasteiger partial charge in [-0.25, -0.2) is 5.57 Å². The third-order valence-electron chi connectivity index (χ3n) is 8.38. The molecule has 6 rings (SSSR count). The molecule has 0 fully saturated rings. The molecule has 0 N–H and O–H groups in total. The summed E-state index contributed by atoms with van der Waals surface area (Å²) < 4.78 is 1.42. The Labute approximate surface area is 299 Å². The molecule has 1 aliphatic rings. The Morgan fingerprint density at radius 3 is 1.31 bits per heavy atom. The molecule has 0 spiro atoms. The Bertz CT molecular complexity index is 1660. The zero-order chi connectivity index (χ0) is 31.4. The molecule has 0 heterocycles. The molecular weight excluding hydrogens is 667 g/mol. The Morgan fingerprint density at radius 1 is 0.622 bits per heavy atom. The molecule has 0 aliphatic heterocycles. The Balaban J connectivity index is 0.000000254. The summed E-state index contributed by atoms with van der Waals surface area (Å²) in [5, 5.41) is 5.48. The van der Waals surface area contributed by atoms with Gasteiger partial charge in [-0.3, -0.25) is 6.08 Å². The van der Waals surface area contributed by atoms with Crippen molar-refractivity contribution in [1.29, 1.82) is 0 Å². The molecule has 1 aliphatic carbocycles. The Kier molecular flexibility index (Phi) is 14.1. The van der Waals surface area contributed by atoms with E-state index in [0.29, 0.717) is 0 Å². The summed E-state index contributed by atoms with van der Waals surface area (Å²) in [4.78, 5) is 0. The number of hydrogen-bond acceptors (Lipinski definition) is 0. The van der Waals surface area contributed by atoms with Crippen molar-refractivity contribution in [2.45, 2.75) is 79.6 Å². The molecule has 0 atom stereocenters. The number of halogens is 2. The molecule has 0 amide bonds. The fourth-order valence-corrected chi connectivity index (χ4v) is 6.00. The number of rotatable bonds is 2. The van der Waals surface area contributed by atoms with Crippen molar-refractivity contribution in [3.63, 3.8) is 0 Å². The number of hydrogen-bond donors (Lipinski definition) is 0. The average molecular weight is 713 g/mol. The minimum atomic E-state index is 0. The first-order valence-electron chi connectivity index (χ1n) is 15.3. The predicted octanol–water partition coefficient (Wildman–Crippen LogP) is 5.59. The average Bonchev–Trinajstić information content (AvgIpc) is 3.51. The molecule has 0 aromatic heterocycles. The van der Waals surface area contributed by atoms with Crippen molar-refractivity contribution in [1.82, 2.24) is 0 Å². The van der Waals surface area contributed by atoms with E-state index in [2.05, 4.69) is 172 Å². The number of allylic oxidation sites excluding steroid dienone is 4. The van der Waals surface area contributed by atoms with Gasteiger partial charge < -0.3 is 24.8 Å². The first-order valence-corrected chi connectivity index (χ1v) is 16.6. The third kappa shape index (κ3) is 10.0. The Hall–Kier alpha value is -2.44.